The van der Waals surface area contributed by atoms with Crippen molar-refractivity contribution in [2.45, 2.75) is 20.0 Å². The van der Waals surface area contributed by atoms with Crippen LogP contribution in [0, 0.1) is 0 Å². The Morgan fingerprint density at radius 2 is 1.90 bits per heavy atom. The van der Waals surface area contributed by atoms with E-state index in [9.17, 15) is 9.59 Å². The molecular formula is C21H20N2O4S2. The van der Waals surface area contributed by atoms with Gasteiger partial charge in [0.1, 0.15) is 0 Å². The van der Waals surface area contributed by atoms with E-state index in [4.69, 9.17) is 21.7 Å². The van der Waals surface area contributed by atoms with Gasteiger partial charge in [-0.05, 0) is 62.0 Å². The number of benzene rings is 2. The molecule has 2 amide bonds. The van der Waals surface area contributed by atoms with Gasteiger partial charge in [-0.2, -0.15) is 5.01 Å². The molecule has 1 aliphatic heterocycles. The fourth-order valence-electron chi connectivity index (χ4n) is 2.60. The van der Waals surface area contributed by atoms with Crippen molar-refractivity contribution in [3.63, 3.8) is 0 Å². The molecule has 3 rings (SSSR count). The number of carbonyl (C=O) groups is 2. The zero-order chi connectivity index (χ0) is 21.0. The van der Waals surface area contributed by atoms with E-state index in [0.717, 1.165) is 22.3 Å². The predicted octanol–water partition coefficient (Wildman–Crippen LogP) is 4.03. The van der Waals surface area contributed by atoms with Gasteiger partial charge in [-0.1, -0.05) is 36.0 Å². The molecule has 0 bridgehead atoms. The average molecular weight is 429 g/mol. The van der Waals surface area contributed by atoms with Gasteiger partial charge in [0.15, 0.2) is 15.8 Å². The molecule has 1 fully saturated rings. The average Bonchev–Trinajstić information content (AvgIpc) is 2.96. The number of nitrogens with one attached hydrogen (secondary N) is 1. The first-order valence-electron chi connectivity index (χ1n) is 8.87. The summed E-state index contributed by atoms with van der Waals surface area (Å²) in [6.45, 7) is 3.87. The molecule has 2 aromatic rings. The molecule has 29 heavy (non-hydrogen) atoms. The number of hydrazine groups is 1. The number of hydrogen-bond donors (Lipinski definition) is 1. The van der Waals surface area contributed by atoms with Crippen LogP contribution in [-0.4, -0.2) is 34.4 Å². The van der Waals surface area contributed by atoms with Crippen molar-refractivity contribution in [1.29, 1.82) is 0 Å². The van der Waals surface area contributed by atoms with Crippen LogP contribution >= 0.6 is 24.0 Å². The first-order valence-corrected chi connectivity index (χ1v) is 10.1. The van der Waals surface area contributed by atoms with E-state index < -0.39 is 5.91 Å². The lowest BCUT2D eigenvalue weighted by atomic mass is 10.2. The summed E-state index contributed by atoms with van der Waals surface area (Å²) in [4.78, 5) is 25.5. The van der Waals surface area contributed by atoms with E-state index in [2.05, 4.69) is 5.43 Å². The second kappa shape index (κ2) is 9.11. The van der Waals surface area contributed by atoms with Gasteiger partial charge in [0, 0.05) is 5.56 Å². The number of carbonyl (C=O) groups excluding carboxylic acids is 2. The van der Waals surface area contributed by atoms with Crippen molar-refractivity contribution in [2.75, 3.05) is 7.11 Å². The summed E-state index contributed by atoms with van der Waals surface area (Å²) >= 11 is 6.39. The number of rotatable bonds is 6. The molecular weight excluding hydrogens is 408 g/mol. The van der Waals surface area contributed by atoms with E-state index in [0.29, 0.717) is 22.0 Å². The Bertz CT molecular complexity index is 974. The molecule has 150 valence electrons. The lowest BCUT2D eigenvalue weighted by Crippen LogP contribution is -2.44. The first kappa shape index (κ1) is 20.9. The van der Waals surface area contributed by atoms with E-state index in [1.54, 1.807) is 49.6 Å². The van der Waals surface area contributed by atoms with Crippen molar-refractivity contribution in [3.8, 4) is 11.5 Å². The Morgan fingerprint density at radius 3 is 2.55 bits per heavy atom. The molecule has 1 heterocycles. The van der Waals surface area contributed by atoms with Crippen LogP contribution in [0.2, 0.25) is 0 Å². The van der Waals surface area contributed by atoms with Crippen molar-refractivity contribution >= 4 is 46.2 Å². The zero-order valence-electron chi connectivity index (χ0n) is 16.2. The Balaban J connectivity index is 1.78. The lowest BCUT2D eigenvalue weighted by Gasteiger charge is -2.15. The summed E-state index contributed by atoms with van der Waals surface area (Å²) in [7, 11) is 1.56. The number of hydrogen-bond acceptors (Lipinski definition) is 6. The van der Waals surface area contributed by atoms with E-state index in [1.165, 1.54) is 0 Å². The van der Waals surface area contributed by atoms with Gasteiger partial charge in [-0.15, -0.1) is 0 Å². The monoisotopic (exact) mass is 428 g/mol. The molecule has 0 saturated carbocycles. The van der Waals surface area contributed by atoms with Gasteiger partial charge in [0.2, 0.25) is 0 Å². The van der Waals surface area contributed by atoms with Crippen molar-refractivity contribution in [2.24, 2.45) is 0 Å². The molecule has 1 N–H and O–H groups in total. The summed E-state index contributed by atoms with van der Waals surface area (Å²) in [5.74, 6) is 0.411. The number of ether oxygens (including phenoxy) is 2. The standard InChI is InChI=1S/C21H20N2O4S2/c1-13(2)27-16-10-9-14(11-17(16)26-3)12-18-20(25)23(21(28)29-18)22-19(24)15-7-5-4-6-8-15/h4-13H,1-3H3,(H,22,24)/b18-12+. The second-order valence-corrected chi connectivity index (χ2v) is 8.08. The van der Waals surface area contributed by atoms with E-state index in [1.807, 2.05) is 26.0 Å². The minimum absolute atomic E-state index is 0.0132. The predicted molar refractivity (Wildman–Crippen MR) is 118 cm³/mol. The Labute approximate surface area is 178 Å². The Morgan fingerprint density at radius 1 is 1.17 bits per heavy atom. The van der Waals surface area contributed by atoms with Gasteiger partial charge >= 0.3 is 0 Å². The minimum atomic E-state index is -0.403. The maximum absolute atomic E-state index is 12.7. The van der Waals surface area contributed by atoms with Crippen LogP contribution in [0.5, 0.6) is 11.5 Å². The summed E-state index contributed by atoms with van der Waals surface area (Å²) in [6, 6.07) is 14.0. The summed E-state index contributed by atoms with van der Waals surface area (Å²) in [6.07, 6.45) is 1.72. The molecule has 1 saturated heterocycles. The number of nitrogens with zero attached hydrogens (tertiary/aromatic N) is 1. The van der Waals surface area contributed by atoms with Crippen molar-refractivity contribution < 1.29 is 19.1 Å². The van der Waals surface area contributed by atoms with Crippen molar-refractivity contribution in [3.05, 3.63) is 64.6 Å². The number of methoxy groups -OCH3 is 1. The Kier molecular flexibility index (Phi) is 6.56. The lowest BCUT2D eigenvalue weighted by molar-refractivity contribution is -0.123. The largest absolute Gasteiger partial charge is 0.493 e. The third-order valence-electron chi connectivity index (χ3n) is 3.89. The fraction of sp³-hybridized carbons (Fsp3) is 0.190. The van der Waals surface area contributed by atoms with Crippen LogP contribution in [0.25, 0.3) is 6.08 Å². The second-order valence-electron chi connectivity index (χ2n) is 6.40. The van der Waals surface area contributed by atoms with Gasteiger partial charge in [0.25, 0.3) is 11.8 Å². The molecule has 0 atom stereocenters. The van der Waals surface area contributed by atoms with Gasteiger partial charge < -0.3 is 9.47 Å². The number of thioether (sulfide) groups is 1. The van der Waals surface area contributed by atoms with Crippen LogP contribution in [0.3, 0.4) is 0 Å². The SMILES string of the molecule is COc1cc(/C=C2/SC(=S)N(NC(=O)c3ccccc3)C2=O)ccc1OC(C)C. The molecule has 8 heteroatoms. The van der Waals surface area contributed by atoms with Gasteiger partial charge in [-0.25, -0.2) is 0 Å². The highest BCUT2D eigenvalue weighted by Crippen LogP contribution is 2.34. The van der Waals surface area contributed by atoms with E-state index >= 15 is 0 Å². The third kappa shape index (κ3) is 4.96. The topological polar surface area (TPSA) is 67.9 Å². The molecule has 0 unspecified atom stereocenters. The summed E-state index contributed by atoms with van der Waals surface area (Å²) in [5.41, 5.74) is 3.76. The van der Waals surface area contributed by atoms with E-state index in [-0.39, 0.29) is 16.3 Å². The Hall–Kier alpha value is -2.84. The quantitative estimate of drug-likeness (QED) is 0.554. The molecule has 0 radical (unpaired) electrons. The molecule has 0 aromatic heterocycles. The van der Waals surface area contributed by atoms with Crippen LogP contribution in [0.4, 0.5) is 0 Å². The van der Waals surface area contributed by atoms with Crippen LogP contribution < -0.4 is 14.9 Å². The molecule has 6 nitrogen and oxygen atoms in total. The van der Waals surface area contributed by atoms with Crippen molar-refractivity contribution in [1.82, 2.24) is 10.4 Å². The smallest absolute Gasteiger partial charge is 0.285 e. The third-order valence-corrected chi connectivity index (χ3v) is 5.19. The molecule has 2 aromatic carbocycles. The van der Waals surface area contributed by atoms with Crippen LogP contribution in [-0.2, 0) is 4.79 Å². The van der Waals surface area contributed by atoms with Gasteiger partial charge in [-0.3, -0.25) is 15.0 Å². The van der Waals surface area contributed by atoms with Gasteiger partial charge in [0.05, 0.1) is 18.1 Å². The normalized spacial score (nSPS) is 15.2. The highest BCUT2D eigenvalue weighted by molar-refractivity contribution is 8.26. The number of thiocarbonyl (C=S) groups is 1. The molecule has 0 aliphatic carbocycles. The molecule has 1 aliphatic rings. The minimum Gasteiger partial charge on any atom is -0.493 e. The fourth-order valence-corrected chi connectivity index (χ4v) is 3.78. The van der Waals surface area contributed by atoms with Crippen LogP contribution in [0.1, 0.15) is 29.8 Å². The summed E-state index contributed by atoms with van der Waals surface area (Å²) < 4.78 is 11.4. The zero-order valence-corrected chi connectivity index (χ0v) is 17.8. The van der Waals surface area contributed by atoms with Crippen LogP contribution in [0.15, 0.2) is 53.4 Å². The first-order chi connectivity index (χ1) is 13.9. The highest BCUT2D eigenvalue weighted by atomic mass is 32.2. The summed E-state index contributed by atoms with van der Waals surface area (Å²) in [5, 5.41) is 1.09. The number of amides is 2. The highest BCUT2D eigenvalue weighted by Gasteiger charge is 2.33. The maximum Gasteiger partial charge on any atom is 0.285 e. The maximum atomic E-state index is 12.7. The molecule has 0 spiro atoms.